The number of nitrogens with one attached hydrogen (secondary N) is 1. The topological polar surface area (TPSA) is 95.9 Å². The zero-order chi connectivity index (χ0) is 24.4. The number of benzene rings is 3. The number of hydrogen-bond acceptors (Lipinski definition) is 5. The summed E-state index contributed by atoms with van der Waals surface area (Å²) >= 11 is 0. The predicted molar refractivity (Wildman–Crippen MR) is 130 cm³/mol. The lowest BCUT2D eigenvalue weighted by molar-refractivity contribution is -0.132. The number of ketones is 1. The fourth-order valence-corrected chi connectivity index (χ4v) is 3.98. The van der Waals surface area contributed by atoms with E-state index in [4.69, 9.17) is 4.74 Å². The molecule has 4 rings (SSSR count). The van der Waals surface area contributed by atoms with Gasteiger partial charge >= 0.3 is 0 Å². The number of Topliss-reactive ketones (excluding diaryl/α,β-unsaturated/α-hetero) is 1. The van der Waals surface area contributed by atoms with E-state index in [-0.39, 0.29) is 17.2 Å². The molecule has 3 aromatic carbocycles. The number of ether oxygens (including phenoxy) is 1. The first-order valence-electron chi connectivity index (χ1n) is 10.7. The van der Waals surface area contributed by atoms with Gasteiger partial charge in [-0.25, -0.2) is 0 Å². The Morgan fingerprint density at radius 2 is 1.56 bits per heavy atom. The summed E-state index contributed by atoms with van der Waals surface area (Å²) in [6.07, 6.45) is 0. The number of anilines is 2. The predicted octanol–water partition coefficient (Wildman–Crippen LogP) is 4.59. The summed E-state index contributed by atoms with van der Waals surface area (Å²) in [4.78, 5) is 39.1. The van der Waals surface area contributed by atoms with Crippen molar-refractivity contribution in [1.29, 1.82) is 0 Å². The SMILES string of the molecule is COc1ccc(C2/C(=C(\O)c3ccc(C)cc3)C(=O)C(=O)N2c2ccc(NC(C)=O)cc2)cc1. The van der Waals surface area contributed by atoms with Gasteiger partial charge in [0.1, 0.15) is 11.5 Å². The van der Waals surface area contributed by atoms with Gasteiger partial charge in [0.25, 0.3) is 11.7 Å². The van der Waals surface area contributed by atoms with Crippen LogP contribution in [0.4, 0.5) is 11.4 Å². The van der Waals surface area contributed by atoms with Crippen molar-refractivity contribution in [3.63, 3.8) is 0 Å². The molecule has 7 heteroatoms. The Morgan fingerprint density at radius 1 is 0.941 bits per heavy atom. The number of nitrogens with zero attached hydrogens (tertiary/aromatic N) is 1. The molecule has 1 aliphatic rings. The largest absolute Gasteiger partial charge is 0.507 e. The molecule has 3 aromatic rings. The Kier molecular flexibility index (Phi) is 6.19. The number of hydrogen-bond donors (Lipinski definition) is 2. The zero-order valence-corrected chi connectivity index (χ0v) is 19.0. The monoisotopic (exact) mass is 456 g/mol. The lowest BCUT2D eigenvalue weighted by Crippen LogP contribution is -2.29. The highest BCUT2D eigenvalue weighted by Crippen LogP contribution is 2.42. The molecule has 1 unspecified atom stereocenters. The van der Waals surface area contributed by atoms with Crippen LogP contribution in [0.15, 0.2) is 78.4 Å². The normalized spacial score (nSPS) is 17.0. The van der Waals surface area contributed by atoms with Crippen molar-refractivity contribution in [2.75, 3.05) is 17.3 Å². The number of amides is 2. The van der Waals surface area contributed by atoms with E-state index in [2.05, 4.69) is 5.32 Å². The van der Waals surface area contributed by atoms with Crippen LogP contribution in [0, 0.1) is 6.92 Å². The Morgan fingerprint density at radius 3 is 2.12 bits per heavy atom. The minimum absolute atomic E-state index is 0.00459. The second kappa shape index (κ2) is 9.23. The first kappa shape index (κ1) is 22.8. The smallest absolute Gasteiger partial charge is 0.300 e. The highest BCUT2D eigenvalue weighted by molar-refractivity contribution is 6.51. The number of aliphatic hydroxyl groups excluding tert-OH is 1. The van der Waals surface area contributed by atoms with Gasteiger partial charge in [0.05, 0.1) is 18.7 Å². The van der Waals surface area contributed by atoms with E-state index in [1.54, 1.807) is 67.8 Å². The van der Waals surface area contributed by atoms with Gasteiger partial charge < -0.3 is 15.2 Å². The van der Waals surface area contributed by atoms with Gasteiger partial charge in [0.2, 0.25) is 5.91 Å². The Labute approximate surface area is 197 Å². The number of rotatable bonds is 5. The van der Waals surface area contributed by atoms with Crippen molar-refractivity contribution in [3.05, 3.63) is 95.1 Å². The number of carbonyl (C=O) groups is 3. The minimum atomic E-state index is -0.848. The third-order valence-electron chi connectivity index (χ3n) is 5.67. The maximum Gasteiger partial charge on any atom is 0.300 e. The standard InChI is InChI=1S/C27H24N2O5/c1-16-4-6-19(7-5-16)25(31)23-24(18-8-14-22(34-3)15-9-18)29(27(33)26(23)32)21-12-10-20(11-13-21)28-17(2)30/h4-15,24,31H,1-3H3,(H,28,30)/b25-23+. The molecule has 34 heavy (non-hydrogen) atoms. The summed E-state index contributed by atoms with van der Waals surface area (Å²) in [5, 5.41) is 13.8. The van der Waals surface area contributed by atoms with Crippen LogP contribution < -0.4 is 15.0 Å². The minimum Gasteiger partial charge on any atom is -0.507 e. The van der Waals surface area contributed by atoms with E-state index in [0.29, 0.717) is 28.3 Å². The molecule has 2 amide bonds. The van der Waals surface area contributed by atoms with Gasteiger partial charge in [-0.05, 0) is 48.9 Å². The van der Waals surface area contributed by atoms with Crippen LogP contribution in [-0.4, -0.2) is 29.8 Å². The number of aryl methyl sites for hydroxylation is 1. The lowest BCUT2D eigenvalue weighted by Gasteiger charge is -2.25. The molecular weight excluding hydrogens is 432 g/mol. The quantitative estimate of drug-likeness (QED) is 0.333. The molecule has 2 N–H and O–H groups in total. The number of carbonyl (C=O) groups excluding carboxylic acids is 3. The van der Waals surface area contributed by atoms with Gasteiger partial charge in [0, 0.05) is 23.9 Å². The van der Waals surface area contributed by atoms with E-state index < -0.39 is 17.7 Å². The summed E-state index contributed by atoms with van der Waals surface area (Å²) in [5.74, 6) is -1.36. The molecule has 0 aromatic heterocycles. The average Bonchev–Trinajstić information content (AvgIpc) is 3.10. The third kappa shape index (κ3) is 4.28. The summed E-state index contributed by atoms with van der Waals surface area (Å²) in [6.45, 7) is 3.33. The van der Waals surface area contributed by atoms with Gasteiger partial charge in [-0.2, -0.15) is 0 Å². The van der Waals surface area contributed by atoms with E-state index in [0.717, 1.165) is 5.56 Å². The molecule has 7 nitrogen and oxygen atoms in total. The van der Waals surface area contributed by atoms with E-state index in [1.807, 2.05) is 19.1 Å². The molecule has 0 spiro atoms. The first-order valence-corrected chi connectivity index (χ1v) is 10.7. The Bertz CT molecular complexity index is 1280. The van der Waals surface area contributed by atoms with Gasteiger partial charge in [-0.1, -0.05) is 42.0 Å². The maximum absolute atomic E-state index is 13.2. The van der Waals surface area contributed by atoms with E-state index >= 15 is 0 Å². The highest BCUT2D eigenvalue weighted by atomic mass is 16.5. The van der Waals surface area contributed by atoms with Crippen LogP contribution >= 0.6 is 0 Å². The summed E-state index contributed by atoms with van der Waals surface area (Å²) in [6, 6.07) is 19.8. The summed E-state index contributed by atoms with van der Waals surface area (Å²) in [7, 11) is 1.55. The molecule has 1 aliphatic heterocycles. The molecule has 1 atom stereocenters. The molecule has 0 radical (unpaired) electrons. The second-order valence-electron chi connectivity index (χ2n) is 8.04. The lowest BCUT2D eigenvalue weighted by atomic mass is 9.95. The van der Waals surface area contributed by atoms with Crippen molar-refractivity contribution in [1.82, 2.24) is 0 Å². The van der Waals surface area contributed by atoms with Crippen molar-refractivity contribution >= 4 is 34.7 Å². The Hall–Kier alpha value is -4.39. The Balaban J connectivity index is 1.86. The van der Waals surface area contributed by atoms with Crippen LogP contribution in [0.5, 0.6) is 5.75 Å². The van der Waals surface area contributed by atoms with E-state index in [9.17, 15) is 19.5 Å². The van der Waals surface area contributed by atoms with Crippen molar-refractivity contribution in [2.24, 2.45) is 0 Å². The molecule has 0 saturated carbocycles. The third-order valence-corrected chi connectivity index (χ3v) is 5.67. The molecule has 1 saturated heterocycles. The molecule has 1 fully saturated rings. The van der Waals surface area contributed by atoms with Crippen LogP contribution in [0.25, 0.3) is 5.76 Å². The highest BCUT2D eigenvalue weighted by Gasteiger charge is 2.46. The molecule has 172 valence electrons. The number of methoxy groups -OCH3 is 1. The van der Waals surface area contributed by atoms with Crippen molar-refractivity contribution in [2.45, 2.75) is 19.9 Å². The second-order valence-corrected chi connectivity index (χ2v) is 8.04. The average molecular weight is 456 g/mol. The van der Waals surface area contributed by atoms with Crippen LogP contribution in [-0.2, 0) is 14.4 Å². The van der Waals surface area contributed by atoms with Gasteiger partial charge in [0.15, 0.2) is 0 Å². The zero-order valence-electron chi connectivity index (χ0n) is 19.0. The van der Waals surface area contributed by atoms with Crippen LogP contribution in [0.1, 0.15) is 29.7 Å². The number of aliphatic hydroxyl groups is 1. The fourth-order valence-electron chi connectivity index (χ4n) is 3.98. The molecular formula is C27H24N2O5. The maximum atomic E-state index is 13.2. The molecule has 0 bridgehead atoms. The van der Waals surface area contributed by atoms with Crippen molar-refractivity contribution < 1.29 is 24.2 Å². The summed E-state index contributed by atoms with van der Waals surface area (Å²) in [5.41, 5.74) is 3.11. The van der Waals surface area contributed by atoms with E-state index in [1.165, 1.54) is 11.8 Å². The van der Waals surface area contributed by atoms with Crippen LogP contribution in [0.3, 0.4) is 0 Å². The van der Waals surface area contributed by atoms with Crippen molar-refractivity contribution in [3.8, 4) is 5.75 Å². The fraction of sp³-hybridized carbons (Fsp3) is 0.148. The molecule has 0 aliphatic carbocycles. The van der Waals surface area contributed by atoms with Gasteiger partial charge in [-0.3, -0.25) is 19.3 Å². The van der Waals surface area contributed by atoms with Crippen LogP contribution in [0.2, 0.25) is 0 Å². The first-order chi connectivity index (χ1) is 16.3. The van der Waals surface area contributed by atoms with Gasteiger partial charge in [-0.15, -0.1) is 0 Å². The molecule has 1 heterocycles. The summed E-state index contributed by atoms with van der Waals surface area (Å²) < 4.78 is 5.24.